The lowest BCUT2D eigenvalue weighted by molar-refractivity contribution is 0.660. The maximum Gasteiger partial charge on any atom is 0.0620 e. The molecule has 67 heavy (non-hydrogen) atoms. The summed E-state index contributed by atoms with van der Waals surface area (Å²) in [6.45, 7) is 4.80. The molecular weight excluding hydrogens is 809 g/mol. The first-order valence-electron chi connectivity index (χ1n) is 23.3. The molecule has 13 rings (SSSR count). The Bertz CT molecular complexity index is 3870. The van der Waals surface area contributed by atoms with Crippen molar-refractivity contribution in [3.8, 4) is 50.3 Å². The number of benzene rings is 11. The maximum atomic E-state index is 2.53. The zero-order valence-electron chi connectivity index (χ0n) is 37.5. The van der Waals surface area contributed by atoms with Crippen molar-refractivity contribution >= 4 is 60.3 Å². The molecule has 0 saturated carbocycles. The lowest BCUT2D eigenvalue weighted by atomic mass is 9.81. The molecule has 0 unspecified atom stereocenters. The highest BCUT2D eigenvalue weighted by molar-refractivity contribution is 6.18. The summed E-state index contributed by atoms with van der Waals surface area (Å²) in [5.74, 6) is 0. The third-order valence-corrected chi connectivity index (χ3v) is 14.3. The van der Waals surface area contributed by atoms with E-state index in [4.69, 9.17) is 0 Å². The lowest BCUT2D eigenvalue weighted by Crippen LogP contribution is -2.16. The van der Waals surface area contributed by atoms with E-state index in [0.717, 1.165) is 17.1 Å². The van der Waals surface area contributed by atoms with Gasteiger partial charge in [0.25, 0.3) is 0 Å². The molecule has 316 valence electrons. The maximum absolute atomic E-state index is 2.53. The van der Waals surface area contributed by atoms with E-state index >= 15 is 0 Å². The number of para-hydroxylation sites is 1. The van der Waals surface area contributed by atoms with Crippen molar-refractivity contribution in [3.63, 3.8) is 0 Å². The number of fused-ring (bicyclic) bond motifs is 8. The molecule has 0 fully saturated rings. The van der Waals surface area contributed by atoms with Crippen LogP contribution < -0.4 is 4.90 Å². The first-order valence-corrected chi connectivity index (χ1v) is 23.3. The minimum absolute atomic E-state index is 0.240. The molecule has 1 aliphatic rings. The summed E-state index contributed by atoms with van der Waals surface area (Å²) >= 11 is 0. The number of rotatable bonds is 7. The molecule has 1 heterocycles. The third-order valence-electron chi connectivity index (χ3n) is 14.3. The van der Waals surface area contributed by atoms with E-state index in [1.807, 2.05) is 0 Å². The van der Waals surface area contributed by atoms with Crippen molar-refractivity contribution in [3.05, 3.63) is 254 Å². The van der Waals surface area contributed by atoms with Crippen LogP contribution in [0.2, 0.25) is 0 Å². The topological polar surface area (TPSA) is 8.17 Å². The molecule has 1 aromatic heterocycles. The van der Waals surface area contributed by atoms with Crippen LogP contribution in [0, 0.1) is 0 Å². The molecule has 0 aliphatic heterocycles. The summed E-state index contributed by atoms with van der Waals surface area (Å²) in [7, 11) is 0. The highest BCUT2D eigenvalue weighted by Gasteiger charge is 2.37. The predicted octanol–water partition coefficient (Wildman–Crippen LogP) is 17.9. The van der Waals surface area contributed by atoms with Crippen molar-refractivity contribution in [2.75, 3.05) is 4.90 Å². The molecule has 2 heteroatoms. The average molecular weight is 855 g/mol. The largest absolute Gasteiger partial charge is 0.310 e. The van der Waals surface area contributed by atoms with Crippen LogP contribution in [0.15, 0.2) is 243 Å². The summed E-state index contributed by atoms with van der Waals surface area (Å²) in [6.07, 6.45) is 0. The molecular formula is C65H46N2. The molecule has 0 saturated heterocycles. The van der Waals surface area contributed by atoms with Crippen molar-refractivity contribution in [2.24, 2.45) is 0 Å². The first kappa shape index (κ1) is 39.0. The van der Waals surface area contributed by atoms with Crippen LogP contribution in [0.1, 0.15) is 25.0 Å². The molecule has 0 N–H and O–H groups in total. The molecule has 0 amide bonds. The normalized spacial score (nSPS) is 12.7. The van der Waals surface area contributed by atoms with Gasteiger partial charge in [-0.05, 0) is 115 Å². The van der Waals surface area contributed by atoms with Gasteiger partial charge in [-0.15, -0.1) is 0 Å². The molecule has 11 aromatic carbocycles. The van der Waals surface area contributed by atoms with Crippen LogP contribution in [0.5, 0.6) is 0 Å². The SMILES string of the molecule is CC1(C)c2cc(-c3cccc4c3ccc3c(-c5ccccc5)c(-c5ccccc5)n(-c5ccc6ccccc6c5)c34)ccc2-c2ccc(N(c3ccccc3)c3cccc4ccccc34)cc21. The molecule has 12 aromatic rings. The van der Waals surface area contributed by atoms with Crippen LogP contribution in [0.25, 0.3) is 93.5 Å². The van der Waals surface area contributed by atoms with Crippen molar-refractivity contribution in [1.82, 2.24) is 4.57 Å². The number of aromatic nitrogens is 1. The zero-order chi connectivity index (χ0) is 44.6. The van der Waals surface area contributed by atoms with Crippen molar-refractivity contribution in [2.45, 2.75) is 19.3 Å². The number of hydrogen-bond donors (Lipinski definition) is 0. The van der Waals surface area contributed by atoms with Gasteiger partial charge < -0.3 is 9.47 Å². The van der Waals surface area contributed by atoms with Crippen molar-refractivity contribution in [1.29, 1.82) is 0 Å². The Morgan fingerprint density at radius 1 is 0.358 bits per heavy atom. The Morgan fingerprint density at radius 3 is 1.76 bits per heavy atom. The second-order valence-electron chi connectivity index (χ2n) is 18.5. The number of hydrogen-bond acceptors (Lipinski definition) is 1. The van der Waals surface area contributed by atoms with E-state index in [1.54, 1.807) is 0 Å². The van der Waals surface area contributed by atoms with E-state index in [9.17, 15) is 0 Å². The monoisotopic (exact) mass is 854 g/mol. The van der Waals surface area contributed by atoms with Crippen LogP contribution in [0.3, 0.4) is 0 Å². The number of nitrogens with zero attached hydrogens (tertiary/aromatic N) is 2. The first-order chi connectivity index (χ1) is 33.0. The minimum Gasteiger partial charge on any atom is -0.310 e. The highest BCUT2D eigenvalue weighted by atomic mass is 15.1. The van der Waals surface area contributed by atoms with Crippen LogP contribution >= 0.6 is 0 Å². The Balaban J connectivity index is 0.989. The van der Waals surface area contributed by atoms with Gasteiger partial charge in [0.1, 0.15) is 0 Å². The Labute approximate surface area is 391 Å². The molecule has 0 bridgehead atoms. The Kier molecular flexibility index (Phi) is 8.91. The summed E-state index contributed by atoms with van der Waals surface area (Å²) in [5.41, 5.74) is 18.1. The summed E-state index contributed by atoms with van der Waals surface area (Å²) in [5, 5.41) is 8.60. The van der Waals surface area contributed by atoms with Gasteiger partial charge in [-0.25, -0.2) is 0 Å². The fourth-order valence-corrected chi connectivity index (χ4v) is 11.2. The van der Waals surface area contributed by atoms with Crippen molar-refractivity contribution < 1.29 is 0 Å². The molecule has 0 spiro atoms. The Hall–Kier alpha value is -8.46. The summed E-state index contributed by atoms with van der Waals surface area (Å²) in [4.78, 5) is 2.42. The quantitative estimate of drug-likeness (QED) is 0.155. The van der Waals surface area contributed by atoms with Gasteiger partial charge >= 0.3 is 0 Å². The van der Waals surface area contributed by atoms with Crippen LogP contribution in [-0.2, 0) is 5.41 Å². The van der Waals surface area contributed by atoms with Gasteiger partial charge in [0.15, 0.2) is 0 Å². The van der Waals surface area contributed by atoms with Gasteiger partial charge in [0.2, 0.25) is 0 Å². The van der Waals surface area contributed by atoms with Crippen LogP contribution in [-0.4, -0.2) is 4.57 Å². The summed E-state index contributed by atoms with van der Waals surface area (Å²) in [6, 6.07) is 89.4. The standard InChI is InChI=1S/C65H46N2/c1-65(2)59-41-48(33-36-55(59)56-37-35-51(42-60(56)65)66(49-26-10-5-11-27-49)61-31-16-25-44-19-14-15-28-53(44)61)52-29-17-30-57-54(52)38-39-58-62(45-20-6-3-7-21-45)63(46-22-8-4-9-23-46)67(64(57)58)50-34-32-43-18-12-13-24-47(43)40-50/h3-42H,1-2H3. The van der Waals surface area contributed by atoms with E-state index in [-0.39, 0.29) is 5.41 Å². The van der Waals surface area contributed by atoms with Gasteiger partial charge in [-0.1, -0.05) is 208 Å². The van der Waals surface area contributed by atoms with Gasteiger partial charge in [0, 0.05) is 44.2 Å². The minimum atomic E-state index is -0.240. The molecule has 0 atom stereocenters. The van der Waals surface area contributed by atoms with E-state index < -0.39 is 0 Å². The second-order valence-corrected chi connectivity index (χ2v) is 18.5. The van der Waals surface area contributed by atoms with Gasteiger partial charge in [0.05, 0.1) is 16.9 Å². The lowest BCUT2D eigenvalue weighted by Gasteiger charge is -2.29. The molecule has 1 aliphatic carbocycles. The average Bonchev–Trinajstić information content (AvgIpc) is 3.85. The fraction of sp³-hybridized carbons (Fsp3) is 0.0462. The summed E-state index contributed by atoms with van der Waals surface area (Å²) < 4.78 is 2.53. The van der Waals surface area contributed by atoms with E-state index in [2.05, 4.69) is 266 Å². The van der Waals surface area contributed by atoms with Gasteiger partial charge in [-0.2, -0.15) is 0 Å². The van der Waals surface area contributed by atoms with Gasteiger partial charge in [-0.3, -0.25) is 0 Å². The smallest absolute Gasteiger partial charge is 0.0620 e. The fourth-order valence-electron chi connectivity index (χ4n) is 11.2. The predicted molar refractivity (Wildman–Crippen MR) is 284 cm³/mol. The van der Waals surface area contributed by atoms with E-state index in [1.165, 1.54) is 105 Å². The molecule has 0 radical (unpaired) electrons. The highest BCUT2D eigenvalue weighted by Crippen LogP contribution is 2.53. The number of anilines is 3. The van der Waals surface area contributed by atoms with E-state index in [0.29, 0.717) is 0 Å². The van der Waals surface area contributed by atoms with Crippen LogP contribution in [0.4, 0.5) is 17.1 Å². The molecule has 2 nitrogen and oxygen atoms in total. The second kappa shape index (κ2) is 15.3. The third kappa shape index (κ3) is 6.18. The zero-order valence-corrected chi connectivity index (χ0v) is 37.5. The Morgan fingerprint density at radius 2 is 0.970 bits per heavy atom.